The number of amides is 2. The van der Waals surface area contributed by atoms with Gasteiger partial charge >= 0.3 is 5.97 Å². The van der Waals surface area contributed by atoms with Gasteiger partial charge in [0.2, 0.25) is 11.8 Å². The fraction of sp³-hybridized carbons (Fsp3) is 0.625. The molecule has 15 heavy (non-hydrogen) atoms. The van der Waals surface area contributed by atoms with E-state index in [0.29, 0.717) is 0 Å². The molecule has 0 aliphatic heterocycles. The maximum absolute atomic E-state index is 11.0. The number of rotatable bonds is 7. The Morgan fingerprint density at radius 2 is 2.07 bits per heavy atom. The molecule has 0 saturated carbocycles. The van der Waals surface area contributed by atoms with E-state index < -0.39 is 23.8 Å². The van der Waals surface area contributed by atoms with Gasteiger partial charge in [0.05, 0.1) is 0 Å². The number of hydrogen-bond donors (Lipinski definition) is 3. The molecule has 1 atom stereocenters. The second-order valence-corrected chi connectivity index (χ2v) is 2.90. The average Bonchev–Trinajstić information content (AvgIpc) is 2.11. The van der Waals surface area contributed by atoms with Crippen LogP contribution in [-0.2, 0) is 19.1 Å². The lowest BCUT2D eigenvalue weighted by molar-refractivity contribution is -0.142. The van der Waals surface area contributed by atoms with E-state index >= 15 is 0 Å². The molecule has 0 saturated heterocycles. The molecule has 0 aromatic rings. The van der Waals surface area contributed by atoms with E-state index in [0.717, 1.165) is 0 Å². The Balaban J connectivity index is 4.10. The molecule has 0 fully saturated rings. The molecule has 7 heteroatoms. The van der Waals surface area contributed by atoms with E-state index in [1.165, 1.54) is 7.11 Å². The molecule has 0 radical (unpaired) electrons. The largest absolute Gasteiger partial charge is 0.480 e. The van der Waals surface area contributed by atoms with E-state index in [1.807, 2.05) is 0 Å². The van der Waals surface area contributed by atoms with Crippen LogP contribution in [-0.4, -0.2) is 42.6 Å². The normalized spacial score (nSPS) is 11.8. The van der Waals surface area contributed by atoms with Crippen LogP contribution in [0.15, 0.2) is 0 Å². The summed E-state index contributed by atoms with van der Waals surface area (Å²) in [6.07, 6.45) is -0.121. The minimum atomic E-state index is -1.21. The predicted octanol–water partition coefficient (Wildman–Crippen LogP) is -1.53. The smallest absolute Gasteiger partial charge is 0.326 e. The van der Waals surface area contributed by atoms with Gasteiger partial charge < -0.3 is 20.9 Å². The summed E-state index contributed by atoms with van der Waals surface area (Å²) in [6, 6.07) is -1.11. The van der Waals surface area contributed by atoms with Crippen molar-refractivity contribution < 1.29 is 24.2 Å². The molecular formula is C8H14N2O5. The topological polar surface area (TPSA) is 119 Å². The van der Waals surface area contributed by atoms with Crippen molar-refractivity contribution in [2.75, 3.05) is 13.7 Å². The molecular weight excluding hydrogens is 204 g/mol. The van der Waals surface area contributed by atoms with E-state index in [1.54, 1.807) is 0 Å². The van der Waals surface area contributed by atoms with Crippen molar-refractivity contribution in [1.29, 1.82) is 0 Å². The van der Waals surface area contributed by atoms with Crippen LogP contribution in [0, 0.1) is 0 Å². The number of carbonyl (C=O) groups is 3. The Kier molecular flexibility index (Phi) is 6.03. The molecule has 0 aromatic heterocycles. The minimum absolute atomic E-state index is 0.0277. The van der Waals surface area contributed by atoms with Gasteiger partial charge in [-0.3, -0.25) is 9.59 Å². The number of carboxylic acid groups (broad SMARTS) is 1. The quantitative estimate of drug-likeness (QED) is 0.479. The van der Waals surface area contributed by atoms with Crippen molar-refractivity contribution in [2.24, 2.45) is 5.73 Å². The summed E-state index contributed by atoms with van der Waals surface area (Å²) in [5, 5.41) is 10.9. The Hall–Kier alpha value is -1.63. The van der Waals surface area contributed by atoms with Gasteiger partial charge in [-0.2, -0.15) is 0 Å². The molecule has 0 aromatic carbocycles. The summed E-state index contributed by atoms with van der Waals surface area (Å²) in [7, 11) is 1.32. The highest BCUT2D eigenvalue weighted by Crippen LogP contribution is 1.97. The van der Waals surface area contributed by atoms with Crippen molar-refractivity contribution in [3.05, 3.63) is 0 Å². The molecule has 0 aliphatic rings. The van der Waals surface area contributed by atoms with Crippen molar-refractivity contribution in [3.63, 3.8) is 0 Å². The summed E-state index contributed by atoms with van der Waals surface area (Å²) >= 11 is 0. The fourth-order valence-corrected chi connectivity index (χ4v) is 0.911. The van der Waals surface area contributed by atoms with Gasteiger partial charge in [0.25, 0.3) is 0 Å². The van der Waals surface area contributed by atoms with Gasteiger partial charge in [-0.05, 0) is 6.42 Å². The number of primary amides is 1. The molecule has 0 rings (SSSR count). The van der Waals surface area contributed by atoms with Gasteiger partial charge in [-0.25, -0.2) is 4.79 Å². The summed E-state index contributed by atoms with van der Waals surface area (Å²) in [6.45, 7) is -0.222. The van der Waals surface area contributed by atoms with E-state index in [9.17, 15) is 14.4 Å². The second kappa shape index (κ2) is 6.77. The maximum Gasteiger partial charge on any atom is 0.326 e. The first-order valence-corrected chi connectivity index (χ1v) is 4.26. The number of carbonyl (C=O) groups excluding carboxylic acids is 2. The zero-order valence-electron chi connectivity index (χ0n) is 8.36. The van der Waals surface area contributed by atoms with Crippen LogP contribution in [0.3, 0.4) is 0 Å². The zero-order chi connectivity index (χ0) is 11.8. The van der Waals surface area contributed by atoms with Crippen LogP contribution in [0.5, 0.6) is 0 Å². The van der Waals surface area contributed by atoms with Crippen molar-refractivity contribution >= 4 is 17.8 Å². The Morgan fingerprint density at radius 1 is 1.47 bits per heavy atom. The van der Waals surface area contributed by atoms with Crippen LogP contribution in [0.1, 0.15) is 12.8 Å². The molecule has 0 unspecified atom stereocenters. The van der Waals surface area contributed by atoms with Gasteiger partial charge in [0, 0.05) is 13.5 Å². The van der Waals surface area contributed by atoms with Crippen LogP contribution in [0.25, 0.3) is 0 Å². The van der Waals surface area contributed by atoms with Crippen LogP contribution in [0.4, 0.5) is 0 Å². The molecule has 0 heterocycles. The Bertz CT molecular complexity index is 253. The van der Waals surface area contributed by atoms with Crippen molar-refractivity contribution in [2.45, 2.75) is 18.9 Å². The van der Waals surface area contributed by atoms with Gasteiger partial charge in [0.15, 0.2) is 0 Å². The summed E-state index contributed by atoms with van der Waals surface area (Å²) in [4.78, 5) is 32.1. The molecule has 0 spiro atoms. The number of aliphatic carboxylic acids is 1. The third-order valence-corrected chi connectivity index (χ3v) is 1.59. The molecule has 4 N–H and O–H groups in total. The van der Waals surface area contributed by atoms with Crippen molar-refractivity contribution in [1.82, 2.24) is 5.32 Å². The number of nitrogens with one attached hydrogen (secondary N) is 1. The van der Waals surface area contributed by atoms with Gasteiger partial charge in [0.1, 0.15) is 12.6 Å². The lowest BCUT2D eigenvalue weighted by Gasteiger charge is -2.12. The maximum atomic E-state index is 11.0. The zero-order valence-corrected chi connectivity index (χ0v) is 8.36. The highest BCUT2D eigenvalue weighted by Gasteiger charge is 2.19. The summed E-state index contributed by atoms with van der Waals surface area (Å²) in [5.41, 5.74) is 4.86. The van der Waals surface area contributed by atoms with Crippen LogP contribution in [0.2, 0.25) is 0 Å². The first kappa shape index (κ1) is 13.4. The summed E-state index contributed by atoms with van der Waals surface area (Å²) < 4.78 is 4.51. The first-order valence-electron chi connectivity index (χ1n) is 4.26. The first-order chi connectivity index (χ1) is 6.97. The molecule has 0 bridgehead atoms. The summed E-state index contributed by atoms with van der Waals surface area (Å²) in [5.74, 6) is -2.36. The number of nitrogens with two attached hydrogens (primary N) is 1. The highest BCUT2D eigenvalue weighted by atomic mass is 16.5. The third-order valence-electron chi connectivity index (χ3n) is 1.59. The number of ether oxygens (including phenoxy) is 1. The fourth-order valence-electron chi connectivity index (χ4n) is 0.911. The molecule has 7 nitrogen and oxygen atoms in total. The van der Waals surface area contributed by atoms with E-state index in [2.05, 4.69) is 10.1 Å². The monoisotopic (exact) mass is 218 g/mol. The van der Waals surface area contributed by atoms with Crippen LogP contribution >= 0.6 is 0 Å². The molecule has 2 amide bonds. The number of carboxylic acids is 1. The SMILES string of the molecule is COCC(=O)N[C@H](CCC(N)=O)C(=O)O. The lowest BCUT2D eigenvalue weighted by atomic mass is 10.1. The molecule has 86 valence electrons. The minimum Gasteiger partial charge on any atom is -0.480 e. The van der Waals surface area contributed by atoms with Gasteiger partial charge in [-0.1, -0.05) is 0 Å². The van der Waals surface area contributed by atoms with Gasteiger partial charge in [-0.15, -0.1) is 0 Å². The standard InChI is InChI=1S/C8H14N2O5/c1-15-4-7(12)10-5(8(13)14)2-3-6(9)11/h5H,2-4H2,1H3,(H2,9,11)(H,10,12)(H,13,14)/t5-/m1/s1. The van der Waals surface area contributed by atoms with Crippen molar-refractivity contribution in [3.8, 4) is 0 Å². The number of methoxy groups -OCH3 is 1. The number of hydrogen-bond acceptors (Lipinski definition) is 4. The van der Waals surface area contributed by atoms with E-state index in [4.69, 9.17) is 10.8 Å². The van der Waals surface area contributed by atoms with Crippen LogP contribution < -0.4 is 11.1 Å². The average molecular weight is 218 g/mol. The molecule has 0 aliphatic carbocycles. The van der Waals surface area contributed by atoms with E-state index in [-0.39, 0.29) is 19.4 Å². The Morgan fingerprint density at radius 3 is 2.47 bits per heavy atom. The highest BCUT2D eigenvalue weighted by molar-refractivity contribution is 5.84. The second-order valence-electron chi connectivity index (χ2n) is 2.90. The third kappa shape index (κ3) is 6.44. The predicted molar refractivity (Wildman–Crippen MR) is 49.9 cm³/mol. The lowest BCUT2D eigenvalue weighted by Crippen LogP contribution is -2.42. The Labute approximate surface area is 86.6 Å².